The Hall–Kier alpha value is -2.26. The van der Waals surface area contributed by atoms with Crippen LogP contribution in [0.3, 0.4) is 0 Å². The summed E-state index contributed by atoms with van der Waals surface area (Å²) in [6.07, 6.45) is 5.72. The zero-order valence-electron chi connectivity index (χ0n) is 20.2. The number of carbonyl (C=O) groups is 1. The summed E-state index contributed by atoms with van der Waals surface area (Å²) in [7, 11) is 1.46. The summed E-state index contributed by atoms with van der Waals surface area (Å²) < 4.78 is 12.0. The van der Waals surface area contributed by atoms with E-state index >= 15 is 0 Å². The van der Waals surface area contributed by atoms with Gasteiger partial charge in [0.05, 0.1) is 23.0 Å². The molecule has 0 radical (unpaired) electrons. The van der Waals surface area contributed by atoms with Crippen molar-refractivity contribution in [2.75, 3.05) is 18.9 Å². The van der Waals surface area contributed by atoms with Crippen LogP contribution >= 0.6 is 63.1 Å². The lowest BCUT2D eigenvalue weighted by Gasteiger charge is -2.32. The second kappa shape index (κ2) is 11.5. The van der Waals surface area contributed by atoms with Gasteiger partial charge in [-0.3, -0.25) is 9.78 Å². The van der Waals surface area contributed by atoms with Gasteiger partial charge in [-0.1, -0.05) is 25.1 Å². The number of hydrogen-bond acceptors (Lipinski definition) is 12. The Morgan fingerprint density at radius 3 is 2.39 bits per heavy atom. The third-order valence-electron chi connectivity index (χ3n) is 5.85. The number of nitrogens with zero attached hydrogens (tertiary/aromatic N) is 5. The smallest absolute Gasteiger partial charge is 0.254 e. The van der Waals surface area contributed by atoms with Crippen molar-refractivity contribution < 1.29 is 9.18 Å². The molecule has 0 saturated carbocycles. The van der Waals surface area contributed by atoms with Crippen LogP contribution in [-0.4, -0.2) is 47.8 Å². The van der Waals surface area contributed by atoms with Gasteiger partial charge in [-0.2, -0.15) is 25.3 Å². The van der Waals surface area contributed by atoms with Crippen molar-refractivity contribution in [3.8, 4) is 11.3 Å². The van der Waals surface area contributed by atoms with Crippen molar-refractivity contribution in [3.63, 3.8) is 0 Å². The molecule has 1 aromatic carbocycles. The van der Waals surface area contributed by atoms with Crippen LogP contribution in [0.1, 0.15) is 34.6 Å². The van der Waals surface area contributed by atoms with Crippen molar-refractivity contribution in [2.45, 2.75) is 20.3 Å². The third kappa shape index (κ3) is 5.83. The molecule has 0 bridgehead atoms. The van der Waals surface area contributed by atoms with Crippen LogP contribution in [0.25, 0.3) is 22.2 Å². The van der Waals surface area contributed by atoms with Crippen LogP contribution < -0.4 is 10.6 Å². The minimum atomic E-state index is -1.21. The molecule has 2 N–H and O–H groups in total. The number of carbonyl (C=O) groups excluding carboxylic acids is 1. The van der Waals surface area contributed by atoms with Crippen LogP contribution in [0, 0.1) is 5.82 Å². The van der Waals surface area contributed by atoms with E-state index in [9.17, 15) is 9.18 Å². The third-order valence-corrected chi connectivity index (χ3v) is 8.99. The highest BCUT2D eigenvalue weighted by molar-refractivity contribution is 8.20. The first-order valence-electron chi connectivity index (χ1n) is 11.2. The lowest BCUT2D eigenvalue weighted by molar-refractivity contribution is 0.0960. The van der Waals surface area contributed by atoms with E-state index in [-0.39, 0.29) is 17.3 Å². The Labute approximate surface area is 246 Å². The van der Waals surface area contributed by atoms with Gasteiger partial charge in [-0.25, -0.2) is 24.3 Å². The zero-order chi connectivity index (χ0) is 27.7. The first kappa shape index (κ1) is 28.7. The predicted octanol–water partition coefficient (Wildman–Crippen LogP) is 4.65. The van der Waals surface area contributed by atoms with Gasteiger partial charge < -0.3 is 10.6 Å². The quantitative estimate of drug-likeness (QED) is 0.116. The molecule has 1 amide bonds. The van der Waals surface area contributed by atoms with Crippen molar-refractivity contribution in [3.05, 3.63) is 72.0 Å². The Morgan fingerprint density at radius 2 is 1.74 bits per heavy atom. The fourth-order valence-corrected chi connectivity index (χ4v) is 4.28. The van der Waals surface area contributed by atoms with Crippen LogP contribution in [0.5, 0.6) is 0 Å². The number of rotatable bonds is 8. The van der Waals surface area contributed by atoms with Gasteiger partial charge in [0.25, 0.3) is 5.91 Å². The van der Waals surface area contributed by atoms with Gasteiger partial charge in [-0.15, -0.1) is 37.9 Å². The van der Waals surface area contributed by atoms with Gasteiger partial charge in [-0.05, 0) is 5.56 Å². The average molecular weight is 606 g/mol. The molecule has 1 atom stereocenters. The number of para-hydroxylation sites is 1. The molecule has 0 unspecified atom stereocenters. The normalized spacial score (nSPS) is 12.8. The molecule has 38 heavy (non-hydrogen) atoms. The zero-order valence-corrected chi connectivity index (χ0v) is 24.6. The Balaban J connectivity index is 1.53. The van der Waals surface area contributed by atoms with E-state index in [4.69, 9.17) is 0 Å². The van der Waals surface area contributed by atoms with E-state index in [1.54, 1.807) is 30.6 Å². The van der Waals surface area contributed by atoms with Crippen LogP contribution in [0.4, 0.5) is 10.2 Å². The van der Waals surface area contributed by atoms with Crippen molar-refractivity contribution >= 4 is 85.8 Å². The molecule has 198 valence electrons. The van der Waals surface area contributed by atoms with Crippen molar-refractivity contribution in [2.24, 2.45) is 0 Å². The maximum atomic E-state index is 14.4. The molecule has 8 nitrogen and oxygen atoms in total. The number of pyridine rings is 1. The number of fused-ring (bicyclic) bond motifs is 1. The van der Waals surface area contributed by atoms with Gasteiger partial charge in [0, 0.05) is 48.9 Å². The average Bonchev–Trinajstić information content (AvgIpc) is 2.90. The molecule has 3 aromatic heterocycles. The Kier molecular flexibility index (Phi) is 8.67. The van der Waals surface area contributed by atoms with E-state index < -0.39 is 19.2 Å². The summed E-state index contributed by atoms with van der Waals surface area (Å²) in [5, 5.41) is 6.25. The standard InChI is InChI=1S/C24H24FN7OS5/c1-12(14-4-3-5-15-19(21(33)26-2)16(25)10-28-20(14)15)7-27-18-6-17(31-11-32-18)13-8-29-22(30-9-13)23(34,35)24(36,37)38/h3-6,8-12,34-38H,7H2,1-2H3,(H,26,33)(H,27,31,32)/t12-/m1/s1. The molecule has 0 saturated heterocycles. The lowest BCUT2D eigenvalue weighted by atomic mass is 9.96. The number of hydrogen-bond donors (Lipinski definition) is 7. The van der Waals surface area contributed by atoms with Gasteiger partial charge >= 0.3 is 0 Å². The maximum absolute atomic E-state index is 14.4. The Morgan fingerprint density at radius 1 is 1.03 bits per heavy atom. The molecule has 14 heteroatoms. The lowest BCUT2D eigenvalue weighted by Crippen LogP contribution is -2.31. The van der Waals surface area contributed by atoms with Crippen LogP contribution in [-0.2, 0) is 4.08 Å². The highest BCUT2D eigenvalue weighted by atomic mass is 32.2. The van der Waals surface area contributed by atoms with Gasteiger partial charge in [0.1, 0.15) is 19.6 Å². The summed E-state index contributed by atoms with van der Waals surface area (Å²) in [5.74, 6) is -0.329. The minimum absolute atomic E-state index is 0.0231. The Bertz CT molecular complexity index is 1480. The summed E-state index contributed by atoms with van der Waals surface area (Å²) in [6, 6.07) is 7.17. The van der Waals surface area contributed by atoms with Crippen LogP contribution in [0.15, 0.2) is 49.2 Å². The SMILES string of the molecule is CNC(=O)c1c(F)cnc2c([C@H](C)CNc3cc(-c4cnc(C(S)(S)C(S)(S)S)nc4)ncn3)cccc12. The highest BCUT2D eigenvalue weighted by Crippen LogP contribution is 2.50. The number of anilines is 1. The molecule has 4 rings (SSSR count). The molecule has 0 fully saturated rings. The summed E-state index contributed by atoms with van der Waals surface area (Å²) in [6.45, 7) is 2.50. The van der Waals surface area contributed by atoms with E-state index in [2.05, 4.69) is 98.7 Å². The monoisotopic (exact) mass is 605 g/mol. The number of nitrogens with one attached hydrogen (secondary N) is 2. The summed E-state index contributed by atoms with van der Waals surface area (Å²) in [5.41, 5.74) is 2.69. The predicted molar refractivity (Wildman–Crippen MR) is 164 cm³/mol. The van der Waals surface area contributed by atoms with Crippen molar-refractivity contribution in [1.82, 2.24) is 30.2 Å². The van der Waals surface area contributed by atoms with Crippen molar-refractivity contribution in [1.29, 1.82) is 0 Å². The first-order chi connectivity index (χ1) is 17.9. The van der Waals surface area contributed by atoms with Gasteiger partial charge in [0.2, 0.25) is 0 Å². The van der Waals surface area contributed by atoms with E-state index in [1.165, 1.54) is 13.4 Å². The highest BCUT2D eigenvalue weighted by Gasteiger charge is 2.42. The van der Waals surface area contributed by atoms with E-state index in [1.807, 2.05) is 13.0 Å². The molecule has 0 aliphatic heterocycles. The van der Waals surface area contributed by atoms with E-state index in [0.29, 0.717) is 34.5 Å². The number of benzene rings is 1. The first-order valence-corrected chi connectivity index (χ1v) is 13.5. The van der Waals surface area contributed by atoms with Gasteiger partial charge in [0.15, 0.2) is 11.6 Å². The fraction of sp³-hybridized carbons (Fsp3) is 0.250. The summed E-state index contributed by atoms with van der Waals surface area (Å²) >= 11 is 21.8. The minimum Gasteiger partial charge on any atom is -0.369 e. The number of amides is 1. The summed E-state index contributed by atoms with van der Waals surface area (Å²) in [4.78, 5) is 33.9. The topological polar surface area (TPSA) is 106 Å². The second-order valence-corrected chi connectivity index (χ2v) is 13.2. The maximum Gasteiger partial charge on any atom is 0.254 e. The molecule has 0 aliphatic rings. The van der Waals surface area contributed by atoms with Crippen LogP contribution in [0.2, 0.25) is 0 Å². The molecule has 3 heterocycles. The largest absolute Gasteiger partial charge is 0.369 e. The fourth-order valence-electron chi connectivity index (χ4n) is 3.74. The molecule has 0 spiro atoms. The molecular formula is C24H24FN7OS5. The van der Waals surface area contributed by atoms with E-state index in [0.717, 1.165) is 11.8 Å². The number of aromatic nitrogens is 5. The molecule has 0 aliphatic carbocycles. The molecular weight excluding hydrogens is 582 g/mol. The second-order valence-electron chi connectivity index (χ2n) is 8.48. The molecule has 4 aromatic rings. The number of thiol groups is 5. The number of halogens is 1.